The van der Waals surface area contributed by atoms with E-state index in [9.17, 15) is 4.79 Å². The summed E-state index contributed by atoms with van der Waals surface area (Å²) in [5.41, 5.74) is 3.85. The van der Waals surface area contributed by atoms with E-state index in [1.165, 1.54) is 31.4 Å². The van der Waals surface area contributed by atoms with Crippen LogP contribution in [0.4, 0.5) is 11.4 Å². The van der Waals surface area contributed by atoms with Crippen LogP contribution in [-0.4, -0.2) is 23.6 Å². The summed E-state index contributed by atoms with van der Waals surface area (Å²) in [6.45, 7) is 4.26. The highest BCUT2D eigenvalue weighted by Gasteiger charge is 2.12. The molecule has 0 radical (unpaired) electrons. The Hall–Kier alpha value is -2.23. The van der Waals surface area contributed by atoms with Gasteiger partial charge in [-0.05, 0) is 56.2 Å². The van der Waals surface area contributed by atoms with E-state index < -0.39 is 0 Å². The SMILES string of the molecule is Cc1ccc(C(=O)Nc2ccc(N3CCCCCC3)cc2)n1C. The Morgan fingerprint density at radius 1 is 0.957 bits per heavy atom. The number of carbonyl (C=O) groups excluding carboxylic acids is 1. The monoisotopic (exact) mass is 311 g/mol. The van der Waals surface area contributed by atoms with Crippen LogP contribution in [0, 0.1) is 6.92 Å². The molecule has 0 aliphatic carbocycles. The third-order valence-electron chi connectivity index (χ3n) is 4.70. The van der Waals surface area contributed by atoms with Gasteiger partial charge in [-0.2, -0.15) is 0 Å². The molecule has 23 heavy (non-hydrogen) atoms. The standard InChI is InChI=1S/C19H25N3O/c1-15-7-12-18(21(15)2)19(23)20-16-8-10-17(11-9-16)22-13-5-3-4-6-14-22/h7-12H,3-6,13-14H2,1-2H3,(H,20,23). The first-order valence-electron chi connectivity index (χ1n) is 8.44. The van der Waals surface area contributed by atoms with E-state index in [0.717, 1.165) is 24.5 Å². The minimum Gasteiger partial charge on any atom is -0.372 e. The maximum Gasteiger partial charge on any atom is 0.272 e. The van der Waals surface area contributed by atoms with Gasteiger partial charge in [0.15, 0.2) is 0 Å². The molecule has 1 N–H and O–H groups in total. The second-order valence-corrected chi connectivity index (χ2v) is 6.32. The number of amides is 1. The van der Waals surface area contributed by atoms with Crippen LogP contribution < -0.4 is 10.2 Å². The van der Waals surface area contributed by atoms with E-state index in [0.29, 0.717) is 5.69 Å². The van der Waals surface area contributed by atoms with Crippen molar-refractivity contribution < 1.29 is 4.79 Å². The number of hydrogen-bond donors (Lipinski definition) is 1. The number of benzene rings is 1. The Morgan fingerprint density at radius 3 is 2.17 bits per heavy atom. The van der Waals surface area contributed by atoms with E-state index >= 15 is 0 Å². The van der Waals surface area contributed by atoms with E-state index in [4.69, 9.17) is 0 Å². The molecule has 0 unspecified atom stereocenters. The molecule has 2 heterocycles. The number of anilines is 2. The predicted octanol–water partition coefficient (Wildman–Crippen LogP) is 3.97. The molecule has 3 rings (SSSR count). The normalized spacial score (nSPS) is 15.3. The number of hydrogen-bond acceptors (Lipinski definition) is 2. The molecule has 1 aromatic carbocycles. The van der Waals surface area contributed by atoms with Crippen LogP contribution in [-0.2, 0) is 7.05 Å². The van der Waals surface area contributed by atoms with Crippen LogP contribution in [0.15, 0.2) is 36.4 Å². The zero-order valence-corrected chi connectivity index (χ0v) is 14.0. The lowest BCUT2D eigenvalue weighted by atomic mass is 10.2. The lowest BCUT2D eigenvalue weighted by Crippen LogP contribution is -2.23. The molecule has 2 aromatic rings. The highest BCUT2D eigenvalue weighted by Crippen LogP contribution is 2.22. The maximum absolute atomic E-state index is 12.3. The van der Waals surface area contributed by atoms with Crippen LogP contribution in [0.1, 0.15) is 41.9 Å². The molecule has 1 saturated heterocycles. The molecule has 0 bridgehead atoms. The Balaban J connectivity index is 1.67. The predicted molar refractivity (Wildman–Crippen MR) is 95.2 cm³/mol. The van der Waals surface area contributed by atoms with Crippen LogP contribution in [0.3, 0.4) is 0 Å². The lowest BCUT2D eigenvalue weighted by molar-refractivity contribution is 0.101. The maximum atomic E-state index is 12.3. The molecule has 4 heteroatoms. The highest BCUT2D eigenvalue weighted by atomic mass is 16.1. The van der Waals surface area contributed by atoms with Gasteiger partial charge >= 0.3 is 0 Å². The topological polar surface area (TPSA) is 37.3 Å². The smallest absolute Gasteiger partial charge is 0.272 e. The van der Waals surface area contributed by atoms with Gasteiger partial charge in [-0.15, -0.1) is 0 Å². The van der Waals surface area contributed by atoms with Crippen molar-refractivity contribution in [3.63, 3.8) is 0 Å². The van der Waals surface area contributed by atoms with Crippen LogP contribution in [0.5, 0.6) is 0 Å². The summed E-state index contributed by atoms with van der Waals surface area (Å²) in [6.07, 6.45) is 5.21. The average molecular weight is 311 g/mol. The van der Waals surface area contributed by atoms with Gasteiger partial charge in [0.05, 0.1) is 0 Å². The molecule has 0 spiro atoms. The lowest BCUT2D eigenvalue weighted by Gasteiger charge is -2.22. The number of nitrogens with one attached hydrogen (secondary N) is 1. The van der Waals surface area contributed by atoms with Gasteiger partial charge in [0.2, 0.25) is 0 Å². The van der Waals surface area contributed by atoms with Crippen LogP contribution >= 0.6 is 0 Å². The summed E-state index contributed by atoms with van der Waals surface area (Å²) >= 11 is 0. The third kappa shape index (κ3) is 3.58. The fraction of sp³-hybridized carbons (Fsp3) is 0.421. The van der Waals surface area contributed by atoms with Gasteiger partial charge in [-0.25, -0.2) is 0 Å². The van der Waals surface area contributed by atoms with Gasteiger partial charge in [0.1, 0.15) is 5.69 Å². The van der Waals surface area contributed by atoms with Gasteiger partial charge in [0.25, 0.3) is 5.91 Å². The molecular weight excluding hydrogens is 286 g/mol. The molecule has 0 atom stereocenters. The van der Waals surface area contributed by atoms with Crippen molar-refractivity contribution in [2.24, 2.45) is 7.05 Å². The van der Waals surface area contributed by atoms with Gasteiger partial charge in [-0.3, -0.25) is 4.79 Å². The fourth-order valence-electron chi connectivity index (χ4n) is 3.12. The zero-order chi connectivity index (χ0) is 16.2. The zero-order valence-electron chi connectivity index (χ0n) is 14.0. The third-order valence-corrected chi connectivity index (χ3v) is 4.70. The van der Waals surface area contributed by atoms with Crippen LogP contribution in [0.25, 0.3) is 0 Å². The fourth-order valence-corrected chi connectivity index (χ4v) is 3.12. The molecule has 1 aromatic heterocycles. The molecule has 0 saturated carbocycles. The number of aromatic nitrogens is 1. The highest BCUT2D eigenvalue weighted by molar-refractivity contribution is 6.03. The van der Waals surface area contributed by atoms with Crippen molar-refractivity contribution in [1.82, 2.24) is 4.57 Å². The van der Waals surface area contributed by atoms with Gasteiger partial charge in [-0.1, -0.05) is 12.8 Å². The Morgan fingerprint density at radius 2 is 1.61 bits per heavy atom. The molecule has 1 aliphatic heterocycles. The minimum atomic E-state index is -0.0666. The largest absolute Gasteiger partial charge is 0.372 e. The molecule has 4 nitrogen and oxygen atoms in total. The molecule has 1 amide bonds. The summed E-state index contributed by atoms with van der Waals surface area (Å²) in [5.74, 6) is -0.0666. The van der Waals surface area contributed by atoms with E-state index in [1.54, 1.807) is 0 Å². The van der Waals surface area contributed by atoms with Crippen molar-refractivity contribution >= 4 is 17.3 Å². The summed E-state index contributed by atoms with van der Waals surface area (Å²) in [6, 6.07) is 12.0. The number of rotatable bonds is 3. The quantitative estimate of drug-likeness (QED) is 0.931. The Labute approximate surface area is 138 Å². The van der Waals surface area contributed by atoms with Crippen molar-refractivity contribution in [3.8, 4) is 0 Å². The van der Waals surface area contributed by atoms with E-state index in [2.05, 4.69) is 22.3 Å². The average Bonchev–Trinajstić information content (AvgIpc) is 2.77. The second-order valence-electron chi connectivity index (χ2n) is 6.32. The Bertz CT molecular complexity index is 664. The minimum absolute atomic E-state index is 0.0666. The molecule has 1 aliphatic rings. The van der Waals surface area contributed by atoms with Gasteiger partial charge in [0, 0.05) is 37.2 Å². The first kappa shape index (κ1) is 15.7. The summed E-state index contributed by atoms with van der Waals surface area (Å²) < 4.78 is 1.90. The number of carbonyl (C=O) groups is 1. The summed E-state index contributed by atoms with van der Waals surface area (Å²) in [7, 11) is 1.91. The first-order valence-corrected chi connectivity index (χ1v) is 8.44. The molecule has 122 valence electrons. The second kappa shape index (κ2) is 6.90. The van der Waals surface area contributed by atoms with Crippen LogP contribution in [0.2, 0.25) is 0 Å². The number of nitrogens with zero attached hydrogens (tertiary/aromatic N) is 2. The molecule has 1 fully saturated rings. The number of aryl methyl sites for hydroxylation is 1. The van der Waals surface area contributed by atoms with Crippen molar-refractivity contribution in [2.45, 2.75) is 32.6 Å². The van der Waals surface area contributed by atoms with E-state index in [1.807, 2.05) is 42.8 Å². The summed E-state index contributed by atoms with van der Waals surface area (Å²) in [4.78, 5) is 14.8. The van der Waals surface area contributed by atoms with Crippen molar-refractivity contribution in [2.75, 3.05) is 23.3 Å². The summed E-state index contributed by atoms with van der Waals surface area (Å²) in [5, 5.41) is 2.98. The van der Waals surface area contributed by atoms with Gasteiger partial charge < -0.3 is 14.8 Å². The first-order chi connectivity index (χ1) is 11.1. The Kier molecular flexibility index (Phi) is 4.70. The van der Waals surface area contributed by atoms with Crippen molar-refractivity contribution in [1.29, 1.82) is 0 Å². The molecular formula is C19H25N3O. The van der Waals surface area contributed by atoms with E-state index in [-0.39, 0.29) is 5.91 Å². The van der Waals surface area contributed by atoms with Crippen molar-refractivity contribution in [3.05, 3.63) is 47.8 Å².